The SMILES string of the molecule is CCCn1c(C(C)(C)C)nc(C2(SC)CC2)c1N. The van der Waals surface area contributed by atoms with E-state index in [-0.39, 0.29) is 10.2 Å². The molecule has 0 bridgehead atoms. The Labute approximate surface area is 115 Å². The summed E-state index contributed by atoms with van der Waals surface area (Å²) in [5.41, 5.74) is 7.56. The third-order valence-electron chi connectivity index (χ3n) is 3.65. The Bertz CT molecular complexity index is 439. The van der Waals surface area contributed by atoms with Crippen molar-refractivity contribution in [1.82, 2.24) is 9.55 Å². The number of nitrogens with two attached hydrogens (primary N) is 1. The molecular weight excluding hydrogens is 242 g/mol. The molecule has 1 fully saturated rings. The van der Waals surface area contributed by atoms with E-state index in [1.165, 1.54) is 12.8 Å². The van der Waals surface area contributed by atoms with Crippen LogP contribution in [0.4, 0.5) is 5.82 Å². The lowest BCUT2D eigenvalue weighted by molar-refractivity contribution is 0.497. The Morgan fingerprint density at radius 2 is 2.00 bits per heavy atom. The zero-order chi connectivity index (χ0) is 13.6. The lowest BCUT2D eigenvalue weighted by Gasteiger charge is -2.19. The van der Waals surface area contributed by atoms with E-state index in [4.69, 9.17) is 10.7 Å². The van der Waals surface area contributed by atoms with Crippen LogP contribution in [0.3, 0.4) is 0 Å². The molecule has 0 atom stereocenters. The molecular formula is C14H25N3S. The zero-order valence-electron chi connectivity index (χ0n) is 12.2. The smallest absolute Gasteiger partial charge is 0.128 e. The molecule has 0 unspecified atom stereocenters. The van der Waals surface area contributed by atoms with Crippen molar-refractivity contribution in [3.63, 3.8) is 0 Å². The predicted octanol–water partition coefficient (Wildman–Crippen LogP) is 3.52. The Balaban J connectivity index is 2.51. The van der Waals surface area contributed by atoms with E-state index >= 15 is 0 Å². The van der Waals surface area contributed by atoms with E-state index in [1.807, 2.05) is 11.8 Å². The van der Waals surface area contributed by atoms with E-state index in [2.05, 4.69) is 38.5 Å². The first-order valence-electron chi connectivity index (χ1n) is 6.78. The van der Waals surface area contributed by atoms with Crippen molar-refractivity contribution >= 4 is 17.6 Å². The van der Waals surface area contributed by atoms with Crippen LogP contribution in [0.2, 0.25) is 0 Å². The van der Waals surface area contributed by atoms with E-state index in [9.17, 15) is 0 Å². The molecule has 1 aromatic rings. The van der Waals surface area contributed by atoms with E-state index in [0.717, 1.165) is 30.3 Å². The van der Waals surface area contributed by atoms with E-state index < -0.39 is 0 Å². The average Bonchev–Trinajstić information content (AvgIpc) is 3.00. The number of imidazole rings is 1. The number of aromatic nitrogens is 2. The van der Waals surface area contributed by atoms with Crippen molar-refractivity contribution in [2.24, 2.45) is 0 Å². The molecule has 0 radical (unpaired) electrons. The second-order valence-corrected chi connectivity index (χ2v) is 7.46. The number of nitrogen functional groups attached to an aromatic ring is 1. The topological polar surface area (TPSA) is 43.8 Å². The van der Waals surface area contributed by atoms with Crippen LogP contribution in [0.5, 0.6) is 0 Å². The van der Waals surface area contributed by atoms with Crippen LogP contribution < -0.4 is 5.73 Å². The van der Waals surface area contributed by atoms with Crippen LogP contribution in [0.15, 0.2) is 0 Å². The van der Waals surface area contributed by atoms with E-state index in [0.29, 0.717) is 0 Å². The molecule has 1 aliphatic carbocycles. The van der Waals surface area contributed by atoms with Gasteiger partial charge in [0.2, 0.25) is 0 Å². The molecule has 1 saturated carbocycles. The maximum atomic E-state index is 6.38. The van der Waals surface area contributed by atoms with Crippen molar-refractivity contribution in [2.75, 3.05) is 12.0 Å². The second-order valence-electron chi connectivity index (χ2n) is 6.27. The molecule has 0 spiro atoms. The number of thioether (sulfide) groups is 1. The van der Waals surface area contributed by atoms with Gasteiger partial charge in [-0.25, -0.2) is 4.98 Å². The largest absolute Gasteiger partial charge is 0.383 e. The van der Waals surface area contributed by atoms with Crippen molar-refractivity contribution in [3.05, 3.63) is 11.5 Å². The van der Waals surface area contributed by atoms with Gasteiger partial charge in [0.15, 0.2) is 0 Å². The molecule has 0 aliphatic heterocycles. The van der Waals surface area contributed by atoms with Gasteiger partial charge in [-0.05, 0) is 25.5 Å². The summed E-state index contributed by atoms with van der Waals surface area (Å²) >= 11 is 1.90. The molecule has 0 amide bonds. The maximum Gasteiger partial charge on any atom is 0.128 e. The summed E-state index contributed by atoms with van der Waals surface area (Å²) in [7, 11) is 0. The van der Waals surface area contributed by atoms with Crippen molar-refractivity contribution in [3.8, 4) is 0 Å². The molecule has 1 aromatic heterocycles. The summed E-state index contributed by atoms with van der Waals surface area (Å²) in [6.07, 6.45) is 5.69. The van der Waals surface area contributed by atoms with Crippen LogP contribution in [-0.2, 0) is 16.7 Å². The van der Waals surface area contributed by atoms with Gasteiger partial charge in [-0.2, -0.15) is 11.8 Å². The van der Waals surface area contributed by atoms with E-state index in [1.54, 1.807) is 0 Å². The highest BCUT2D eigenvalue weighted by molar-refractivity contribution is 7.99. The predicted molar refractivity (Wildman–Crippen MR) is 80.1 cm³/mol. The normalized spacial score (nSPS) is 18.1. The highest BCUT2D eigenvalue weighted by Gasteiger charge is 2.48. The summed E-state index contributed by atoms with van der Waals surface area (Å²) in [6, 6.07) is 0. The first-order valence-corrected chi connectivity index (χ1v) is 8.00. The molecule has 0 saturated heterocycles. The molecule has 4 heteroatoms. The van der Waals surface area contributed by atoms with Crippen LogP contribution in [0.1, 0.15) is 58.5 Å². The van der Waals surface area contributed by atoms with Crippen molar-refractivity contribution in [2.45, 2.75) is 63.7 Å². The Morgan fingerprint density at radius 3 is 2.39 bits per heavy atom. The van der Waals surface area contributed by atoms with Gasteiger partial charge in [0.1, 0.15) is 11.6 Å². The summed E-state index contributed by atoms with van der Waals surface area (Å²) in [4.78, 5) is 4.92. The fourth-order valence-corrected chi connectivity index (χ4v) is 3.33. The third-order valence-corrected chi connectivity index (χ3v) is 5.03. The highest BCUT2D eigenvalue weighted by Crippen LogP contribution is 2.57. The molecule has 0 aromatic carbocycles. The van der Waals surface area contributed by atoms with Gasteiger partial charge in [0, 0.05) is 12.0 Å². The molecule has 18 heavy (non-hydrogen) atoms. The lowest BCUT2D eigenvalue weighted by atomic mass is 9.95. The summed E-state index contributed by atoms with van der Waals surface area (Å²) in [6.45, 7) is 9.79. The minimum Gasteiger partial charge on any atom is -0.383 e. The lowest BCUT2D eigenvalue weighted by Crippen LogP contribution is -2.19. The van der Waals surface area contributed by atoms with Gasteiger partial charge in [0.25, 0.3) is 0 Å². The van der Waals surface area contributed by atoms with Gasteiger partial charge in [-0.1, -0.05) is 27.7 Å². The van der Waals surface area contributed by atoms with Crippen LogP contribution >= 0.6 is 11.8 Å². The van der Waals surface area contributed by atoms with Crippen LogP contribution in [0.25, 0.3) is 0 Å². The van der Waals surface area contributed by atoms with Crippen LogP contribution in [-0.4, -0.2) is 15.8 Å². The van der Waals surface area contributed by atoms with Gasteiger partial charge in [0.05, 0.1) is 10.4 Å². The first-order chi connectivity index (χ1) is 8.35. The van der Waals surface area contributed by atoms with Gasteiger partial charge >= 0.3 is 0 Å². The number of anilines is 1. The Morgan fingerprint density at radius 1 is 1.39 bits per heavy atom. The minimum absolute atomic E-state index is 0.0516. The maximum absolute atomic E-state index is 6.38. The van der Waals surface area contributed by atoms with Gasteiger partial charge in [-0.15, -0.1) is 0 Å². The van der Waals surface area contributed by atoms with Crippen molar-refractivity contribution in [1.29, 1.82) is 0 Å². The minimum atomic E-state index is 0.0516. The molecule has 102 valence electrons. The standard InChI is InChI=1S/C14H25N3S/c1-6-9-17-11(15)10(14(18-5)7-8-14)16-12(17)13(2,3)4/h6-9,15H2,1-5H3. The quantitative estimate of drug-likeness (QED) is 0.907. The summed E-state index contributed by atoms with van der Waals surface area (Å²) in [5.74, 6) is 2.03. The number of rotatable bonds is 4. The second kappa shape index (κ2) is 4.48. The fourth-order valence-electron chi connectivity index (χ4n) is 2.47. The Hall–Kier alpha value is -0.640. The zero-order valence-corrected chi connectivity index (χ0v) is 13.0. The fraction of sp³-hybridized carbons (Fsp3) is 0.786. The average molecular weight is 267 g/mol. The number of hydrogen-bond donors (Lipinski definition) is 1. The first kappa shape index (κ1) is 13.8. The third kappa shape index (κ3) is 2.15. The highest BCUT2D eigenvalue weighted by atomic mass is 32.2. The molecule has 3 nitrogen and oxygen atoms in total. The van der Waals surface area contributed by atoms with Crippen molar-refractivity contribution < 1.29 is 0 Å². The Kier molecular flexibility index (Phi) is 3.43. The number of nitrogens with zero attached hydrogens (tertiary/aromatic N) is 2. The summed E-state index contributed by atoms with van der Waals surface area (Å²) in [5, 5.41) is 0. The monoisotopic (exact) mass is 267 g/mol. The van der Waals surface area contributed by atoms with Crippen LogP contribution in [0, 0.1) is 0 Å². The molecule has 2 N–H and O–H groups in total. The number of hydrogen-bond acceptors (Lipinski definition) is 3. The van der Waals surface area contributed by atoms with Gasteiger partial charge < -0.3 is 10.3 Å². The summed E-state index contributed by atoms with van der Waals surface area (Å²) < 4.78 is 2.44. The molecule has 1 aliphatic rings. The molecule has 1 heterocycles. The molecule has 2 rings (SSSR count). The van der Waals surface area contributed by atoms with Gasteiger partial charge in [-0.3, -0.25) is 0 Å².